The number of halogens is 5. The molecule has 1 aliphatic rings. The third-order valence-corrected chi connectivity index (χ3v) is 4.23. The van der Waals surface area contributed by atoms with Gasteiger partial charge in [0.15, 0.2) is 0 Å². The third kappa shape index (κ3) is 5.82. The van der Waals surface area contributed by atoms with E-state index in [1.54, 1.807) is 0 Å². The lowest BCUT2D eigenvalue weighted by atomic mass is 10.00. The molecular formula is C17H20F5NO3. The Morgan fingerprint density at radius 2 is 1.81 bits per heavy atom. The number of carboxylic acid groups (broad SMARTS) is 1. The molecule has 2 rings (SSSR count). The maximum Gasteiger partial charge on any atom is 0.407 e. The lowest BCUT2D eigenvalue weighted by Crippen LogP contribution is -2.47. The molecule has 0 amide bonds. The molecule has 1 aromatic rings. The number of methoxy groups -OCH3 is 1. The highest BCUT2D eigenvalue weighted by molar-refractivity contribution is 5.73. The average Bonchev–Trinajstić information content (AvgIpc) is 3.33. The van der Waals surface area contributed by atoms with Crippen molar-refractivity contribution < 1.29 is 36.6 Å². The van der Waals surface area contributed by atoms with E-state index in [0.717, 1.165) is 12.1 Å². The molecule has 1 saturated carbocycles. The van der Waals surface area contributed by atoms with Crippen LogP contribution in [0, 0.1) is 5.92 Å². The predicted octanol–water partition coefficient (Wildman–Crippen LogP) is 4.17. The van der Waals surface area contributed by atoms with Crippen molar-refractivity contribution in [3.8, 4) is 5.75 Å². The summed E-state index contributed by atoms with van der Waals surface area (Å²) in [7, 11) is 1.34. The van der Waals surface area contributed by atoms with Crippen molar-refractivity contribution >= 4 is 5.97 Å². The van der Waals surface area contributed by atoms with Crippen molar-refractivity contribution in [1.82, 2.24) is 5.32 Å². The van der Waals surface area contributed by atoms with Gasteiger partial charge in [-0.2, -0.15) is 13.2 Å². The number of rotatable bonds is 9. The first kappa shape index (κ1) is 20.4. The maximum absolute atomic E-state index is 14.0. The average molecular weight is 381 g/mol. The van der Waals surface area contributed by atoms with E-state index in [9.17, 15) is 26.7 Å². The summed E-state index contributed by atoms with van der Waals surface area (Å²) in [6, 6.07) is 0.389. The number of hydrogen-bond donors (Lipinski definition) is 2. The SMILES string of the molecule is COc1ccc(C(NC(CC(F)(F)CC2CC2)C(=O)O)C(F)(F)F)cc1. The Morgan fingerprint density at radius 3 is 2.23 bits per heavy atom. The highest BCUT2D eigenvalue weighted by atomic mass is 19.4. The Bertz CT molecular complexity index is 614. The standard InChI is InChI=1S/C17H20F5NO3/c1-26-12-6-4-11(5-7-12)14(17(20,21)22)23-13(15(24)25)9-16(18,19)8-10-2-3-10/h4-7,10,13-14,23H,2-3,8-9H2,1H3,(H,24,25). The van der Waals surface area contributed by atoms with Gasteiger partial charge in [0.25, 0.3) is 5.92 Å². The van der Waals surface area contributed by atoms with Gasteiger partial charge in [-0.25, -0.2) is 8.78 Å². The summed E-state index contributed by atoms with van der Waals surface area (Å²) in [6.07, 6.45) is -5.27. The minimum absolute atomic E-state index is 0.181. The zero-order valence-corrected chi connectivity index (χ0v) is 14.0. The first-order chi connectivity index (χ1) is 12.0. The van der Waals surface area contributed by atoms with Crippen LogP contribution in [0.3, 0.4) is 0 Å². The molecule has 2 unspecified atom stereocenters. The molecule has 0 bridgehead atoms. The summed E-state index contributed by atoms with van der Waals surface area (Å²) in [4.78, 5) is 11.3. The molecule has 2 N–H and O–H groups in total. The number of alkyl halides is 5. The number of ether oxygens (including phenoxy) is 1. The van der Waals surface area contributed by atoms with E-state index in [1.165, 1.54) is 19.2 Å². The van der Waals surface area contributed by atoms with Crippen LogP contribution in [-0.4, -0.2) is 36.3 Å². The Hall–Kier alpha value is -1.90. The first-order valence-electron chi connectivity index (χ1n) is 8.09. The number of aliphatic carboxylic acids is 1. The van der Waals surface area contributed by atoms with E-state index in [0.29, 0.717) is 18.6 Å². The van der Waals surface area contributed by atoms with Crippen LogP contribution in [0.1, 0.15) is 37.3 Å². The molecule has 0 radical (unpaired) electrons. The van der Waals surface area contributed by atoms with Crippen molar-refractivity contribution in [2.75, 3.05) is 7.11 Å². The van der Waals surface area contributed by atoms with Crippen LogP contribution in [-0.2, 0) is 4.79 Å². The van der Waals surface area contributed by atoms with Crippen LogP contribution in [0.15, 0.2) is 24.3 Å². The van der Waals surface area contributed by atoms with Crippen LogP contribution >= 0.6 is 0 Å². The van der Waals surface area contributed by atoms with Crippen molar-refractivity contribution in [1.29, 1.82) is 0 Å². The molecule has 2 atom stereocenters. The molecular weight excluding hydrogens is 361 g/mol. The molecule has 1 aromatic carbocycles. The molecule has 0 saturated heterocycles. The van der Waals surface area contributed by atoms with Gasteiger partial charge in [-0.05, 0) is 36.5 Å². The molecule has 26 heavy (non-hydrogen) atoms. The van der Waals surface area contributed by atoms with Gasteiger partial charge in [0.2, 0.25) is 0 Å². The van der Waals surface area contributed by atoms with Crippen LogP contribution in [0.5, 0.6) is 5.75 Å². The minimum atomic E-state index is -4.85. The quantitative estimate of drug-likeness (QED) is 0.631. The summed E-state index contributed by atoms with van der Waals surface area (Å²) in [5.41, 5.74) is -0.282. The monoisotopic (exact) mass is 381 g/mol. The Kier molecular flexibility index (Phi) is 6.10. The van der Waals surface area contributed by atoms with Crippen molar-refractivity contribution in [2.24, 2.45) is 5.92 Å². The largest absolute Gasteiger partial charge is 0.497 e. The predicted molar refractivity (Wildman–Crippen MR) is 83.3 cm³/mol. The van der Waals surface area contributed by atoms with Crippen molar-refractivity contribution in [2.45, 2.75) is 49.9 Å². The zero-order chi connectivity index (χ0) is 19.5. The van der Waals surface area contributed by atoms with Gasteiger partial charge in [0, 0.05) is 12.8 Å². The van der Waals surface area contributed by atoms with E-state index in [2.05, 4.69) is 0 Å². The van der Waals surface area contributed by atoms with Crippen molar-refractivity contribution in [3.05, 3.63) is 29.8 Å². The van der Waals surface area contributed by atoms with Crippen molar-refractivity contribution in [3.63, 3.8) is 0 Å². The summed E-state index contributed by atoms with van der Waals surface area (Å²) >= 11 is 0. The number of hydrogen-bond acceptors (Lipinski definition) is 3. The number of nitrogens with one attached hydrogen (secondary N) is 1. The Labute approximate surface area is 147 Å². The van der Waals surface area contributed by atoms with Gasteiger partial charge >= 0.3 is 12.1 Å². The first-order valence-corrected chi connectivity index (χ1v) is 8.09. The van der Waals surface area contributed by atoms with E-state index >= 15 is 0 Å². The van der Waals surface area contributed by atoms with Gasteiger partial charge in [0.1, 0.15) is 17.8 Å². The van der Waals surface area contributed by atoms with Crippen LogP contribution < -0.4 is 10.1 Å². The lowest BCUT2D eigenvalue weighted by molar-refractivity contribution is -0.166. The second-order valence-electron chi connectivity index (χ2n) is 6.51. The fourth-order valence-corrected chi connectivity index (χ4v) is 2.72. The number of benzene rings is 1. The molecule has 4 nitrogen and oxygen atoms in total. The van der Waals surface area contributed by atoms with Gasteiger partial charge in [-0.3, -0.25) is 10.1 Å². The number of carbonyl (C=O) groups is 1. The highest BCUT2D eigenvalue weighted by Crippen LogP contribution is 2.41. The van der Waals surface area contributed by atoms with E-state index in [-0.39, 0.29) is 11.5 Å². The summed E-state index contributed by atoms with van der Waals surface area (Å²) in [6.45, 7) is 0. The maximum atomic E-state index is 14.0. The number of carboxylic acids is 1. The fourth-order valence-electron chi connectivity index (χ4n) is 2.72. The fraction of sp³-hybridized carbons (Fsp3) is 0.588. The molecule has 1 aliphatic carbocycles. The summed E-state index contributed by atoms with van der Waals surface area (Å²) in [5, 5.41) is 11.0. The van der Waals surface area contributed by atoms with Gasteiger partial charge < -0.3 is 9.84 Å². The van der Waals surface area contributed by atoms with Crippen LogP contribution in [0.25, 0.3) is 0 Å². The summed E-state index contributed by atoms with van der Waals surface area (Å²) in [5.74, 6) is -4.95. The van der Waals surface area contributed by atoms with Crippen LogP contribution in [0.4, 0.5) is 22.0 Å². The molecule has 146 valence electrons. The molecule has 0 aromatic heterocycles. The van der Waals surface area contributed by atoms with Crippen LogP contribution in [0.2, 0.25) is 0 Å². The topological polar surface area (TPSA) is 58.6 Å². The molecule has 0 spiro atoms. The second kappa shape index (κ2) is 7.77. The van der Waals surface area contributed by atoms with Gasteiger partial charge in [0.05, 0.1) is 7.11 Å². The lowest BCUT2D eigenvalue weighted by Gasteiger charge is -2.28. The molecule has 0 heterocycles. The van der Waals surface area contributed by atoms with Gasteiger partial charge in [-0.15, -0.1) is 0 Å². The van der Waals surface area contributed by atoms with E-state index in [4.69, 9.17) is 9.84 Å². The summed E-state index contributed by atoms with van der Waals surface area (Å²) < 4.78 is 73.0. The second-order valence-corrected chi connectivity index (χ2v) is 6.51. The van der Waals surface area contributed by atoms with E-state index in [1.807, 2.05) is 5.32 Å². The molecule has 0 aliphatic heterocycles. The Balaban J connectivity index is 2.18. The Morgan fingerprint density at radius 1 is 1.23 bits per heavy atom. The van der Waals surface area contributed by atoms with Gasteiger partial charge in [-0.1, -0.05) is 12.1 Å². The molecule has 1 fully saturated rings. The smallest absolute Gasteiger partial charge is 0.407 e. The highest BCUT2D eigenvalue weighted by Gasteiger charge is 2.46. The third-order valence-electron chi connectivity index (χ3n) is 4.23. The minimum Gasteiger partial charge on any atom is -0.497 e. The van der Waals surface area contributed by atoms with E-state index < -0.39 is 43.0 Å². The zero-order valence-electron chi connectivity index (χ0n) is 14.0. The normalized spacial score (nSPS) is 17.6. The molecule has 9 heteroatoms.